The number of ether oxygens (including phenoxy) is 1. The minimum absolute atomic E-state index is 0.0955. The standard InChI is InChI=1S/C12H13N5O2/c18-12(11-3-1-2-4-13-11)14-6-10-7-17-9(8-19-10)5-15-16-17/h1-5,10H,6-8H2,(H,14,18)/t10-/m1/s1. The molecule has 0 bridgehead atoms. The molecule has 1 amide bonds. The molecule has 0 saturated heterocycles. The Balaban J connectivity index is 1.55. The predicted octanol–water partition coefficient (Wildman–Crippen LogP) is 0.00190. The third-order valence-electron chi connectivity index (χ3n) is 2.93. The summed E-state index contributed by atoms with van der Waals surface area (Å²) in [5.41, 5.74) is 1.35. The average molecular weight is 259 g/mol. The molecule has 98 valence electrons. The van der Waals surface area contributed by atoms with Crippen LogP contribution in [-0.4, -0.2) is 38.5 Å². The molecule has 1 aliphatic rings. The summed E-state index contributed by atoms with van der Waals surface area (Å²) < 4.78 is 7.41. The number of aromatic nitrogens is 4. The van der Waals surface area contributed by atoms with E-state index in [2.05, 4.69) is 20.6 Å². The van der Waals surface area contributed by atoms with E-state index in [9.17, 15) is 4.79 Å². The van der Waals surface area contributed by atoms with E-state index in [1.165, 1.54) is 0 Å². The number of pyridine rings is 1. The van der Waals surface area contributed by atoms with Gasteiger partial charge in [0.1, 0.15) is 5.69 Å². The Morgan fingerprint density at radius 1 is 1.53 bits per heavy atom. The fourth-order valence-electron chi connectivity index (χ4n) is 1.91. The van der Waals surface area contributed by atoms with Crippen molar-refractivity contribution in [3.8, 4) is 0 Å². The van der Waals surface area contributed by atoms with Gasteiger partial charge in [-0.1, -0.05) is 11.3 Å². The molecule has 2 aromatic heterocycles. The van der Waals surface area contributed by atoms with Gasteiger partial charge >= 0.3 is 0 Å². The lowest BCUT2D eigenvalue weighted by Gasteiger charge is -2.23. The van der Waals surface area contributed by atoms with E-state index in [0.717, 1.165) is 5.69 Å². The van der Waals surface area contributed by atoms with E-state index in [4.69, 9.17) is 4.74 Å². The summed E-state index contributed by atoms with van der Waals surface area (Å²) in [4.78, 5) is 15.8. The number of carbonyl (C=O) groups is 1. The maximum atomic E-state index is 11.8. The van der Waals surface area contributed by atoms with Crippen molar-refractivity contribution < 1.29 is 9.53 Å². The fourth-order valence-corrected chi connectivity index (χ4v) is 1.91. The molecular weight excluding hydrogens is 246 g/mol. The van der Waals surface area contributed by atoms with E-state index in [0.29, 0.717) is 25.4 Å². The first-order valence-electron chi connectivity index (χ1n) is 6.01. The molecule has 0 aromatic carbocycles. The highest BCUT2D eigenvalue weighted by Gasteiger charge is 2.20. The maximum absolute atomic E-state index is 11.8. The Morgan fingerprint density at radius 3 is 3.32 bits per heavy atom. The summed E-state index contributed by atoms with van der Waals surface area (Å²) in [6.07, 6.45) is 3.18. The van der Waals surface area contributed by atoms with Gasteiger partial charge in [-0.25, -0.2) is 4.68 Å². The van der Waals surface area contributed by atoms with Crippen LogP contribution in [0.4, 0.5) is 0 Å². The SMILES string of the molecule is O=C(NC[C@@H]1Cn2nncc2CO1)c1ccccn1. The first kappa shape index (κ1) is 11.8. The van der Waals surface area contributed by atoms with Crippen LogP contribution in [0.3, 0.4) is 0 Å². The van der Waals surface area contributed by atoms with Crippen molar-refractivity contribution in [2.24, 2.45) is 0 Å². The van der Waals surface area contributed by atoms with Crippen LogP contribution in [0.1, 0.15) is 16.2 Å². The zero-order chi connectivity index (χ0) is 13.1. The van der Waals surface area contributed by atoms with Gasteiger partial charge in [-0.3, -0.25) is 9.78 Å². The van der Waals surface area contributed by atoms with Gasteiger partial charge in [0.2, 0.25) is 0 Å². The first-order valence-corrected chi connectivity index (χ1v) is 6.01. The summed E-state index contributed by atoms with van der Waals surface area (Å²) in [6, 6.07) is 5.22. The average Bonchev–Trinajstić information content (AvgIpc) is 2.93. The highest BCUT2D eigenvalue weighted by Crippen LogP contribution is 2.10. The number of fused-ring (bicyclic) bond motifs is 1. The van der Waals surface area contributed by atoms with E-state index in [1.807, 2.05) is 0 Å². The normalized spacial score (nSPS) is 17.8. The third kappa shape index (κ3) is 2.60. The number of hydrogen-bond donors (Lipinski definition) is 1. The van der Waals surface area contributed by atoms with Gasteiger partial charge in [0.15, 0.2) is 0 Å². The third-order valence-corrected chi connectivity index (χ3v) is 2.93. The molecule has 1 atom stereocenters. The predicted molar refractivity (Wildman–Crippen MR) is 65.2 cm³/mol. The number of amides is 1. The molecule has 0 saturated carbocycles. The zero-order valence-corrected chi connectivity index (χ0v) is 10.2. The van der Waals surface area contributed by atoms with Crippen molar-refractivity contribution in [1.29, 1.82) is 0 Å². The monoisotopic (exact) mass is 259 g/mol. The number of carbonyl (C=O) groups excluding carboxylic acids is 1. The minimum atomic E-state index is -0.200. The lowest BCUT2D eigenvalue weighted by molar-refractivity contribution is 0.00147. The molecular formula is C12H13N5O2. The van der Waals surface area contributed by atoms with Crippen molar-refractivity contribution in [3.05, 3.63) is 42.0 Å². The maximum Gasteiger partial charge on any atom is 0.269 e. The molecule has 0 aliphatic carbocycles. The molecule has 19 heavy (non-hydrogen) atoms. The quantitative estimate of drug-likeness (QED) is 0.839. The second-order valence-corrected chi connectivity index (χ2v) is 4.27. The molecule has 0 radical (unpaired) electrons. The van der Waals surface area contributed by atoms with Gasteiger partial charge in [0.25, 0.3) is 5.91 Å². The van der Waals surface area contributed by atoms with Gasteiger partial charge in [-0.05, 0) is 12.1 Å². The van der Waals surface area contributed by atoms with Crippen LogP contribution >= 0.6 is 0 Å². The molecule has 3 heterocycles. The Kier molecular flexibility index (Phi) is 3.20. The van der Waals surface area contributed by atoms with Crippen LogP contribution in [0.25, 0.3) is 0 Å². The molecule has 3 rings (SSSR count). The molecule has 7 nitrogen and oxygen atoms in total. The summed E-state index contributed by atoms with van der Waals surface area (Å²) >= 11 is 0. The minimum Gasteiger partial charge on any atom is -0.368 e. The van der Waals surface area contributed by atoms with E-state index >= 15 is 0 Å². The Morgan fingerprint density at radius 2 is 2.47 bits per heavy atom. The summed E-state index contributed by atoms with van der Waals surface area (Å²) in [6.45, 7) is 1.49. The number of nitrogens with zero attached hydrogens (tertiary/aromatic N) is 4. The van der Waals surface area contributed by atoms with Crippen molar-refractivity contribution in [3.63, 3.8) is 0 Å². The van der Waals surface area contributed by atoms with Gasteiger partial charge in [0.05, 0.1) is 31.1 Å². The van der Waals surface area contributed by atoms with Gasteiger partial charge in [-0.15, -0.1) is 5.10 Å². The van der Waals surface area contributed by atoms with Crippen LogP contribution in [0, 0.1) is 0 Å². The Labute approximate surface area is 109 Å². The molecule has 7 heteroatoms. The number of hydrogen-bond acceptors (Lipinski definition) is 5. The number of rotatable bonds is 3. The molecule has 0 fully saturated rings. The second-order valence-electron chi connectivity index (χ2n) is 4.27. The lowest BCUT2D eigenvalue weighted by Crippen LogP contribution is -2.39. The van der Waals surface area contributed by atoms with Crippen LogP contribution in [0.2, 0.25) is 0 Å². The smallest absolute Gasteiger partial charge is 0.269 e. The number of nitrogens with one attached hydrogen (secondary N) is 1. The van der Waals surface area contributed by atoms with Crippen LogP contribution in [0.15, 0.2) is 30.6 Å². The Hall–Kier alpha value is -2.28. The highest BCUT2D eigenvalue weighted by molar-refractivity contribution is 5.92. The van der Waals surface area contributed by atoms with Crippen LogP contribution < -0.4 is 5.32 Å². The first-order chi connectivity index (χ1) is 9.33. The van der Waals surface area contributed by atoms with Crippen molar-refractivity contribution in [2.45, 2.75) is 19.3 Å². The molecule has 0 unspecified atom stereocenters. The van der Waals surface area contributed by atoms with Crippen LogP contribution in [0.5, 0.6) is 0 Å². The topological polar surface area (TPSA) is 81.9 Å². The summed E-state index contributed by atoms with van der Waals surface area (Å²) in [5, 5.41) is 10.6. The molecule has 1 aliphatic heterocycles. The Bertz CT molecular complexity index is 569. The lowest BCUT2D eigenvalue weighted by atomic mass is 10.2. The zero-order valence-electron chi connectivity index (χ0n) is 10.2. The van der Waals surface area contributed by atoms with Gasteiger partial charge in [-0.2, -0.15) is 0 Å². The largest absolute Gasteiger partial charge is 0.368 e. The fraction of sp³-hybridized carbons (Fsp3) is 0.333. The van der Waals surface area contributed by atoms with E-state index in [1.54, 1.807) is 35.3 Å². The van der Waals surface area contributed by atoms with Crippen molar-refractivity contribution in [1.82, 2.24) is 25.3 Å². The highest BCUT2D eigenvalue weighted by atomic mass is 16.5. The van der Waals surface area contributed by atoms with Crippen molar-refractivity contribution >= 4 is 5.91 Å². The van der Waals surface area contributed by atoms with Crippen LogP contribution in [-0.2, 0) is 17.9 Å². The molecule has 0 spiro atoms. The van der Waals surface area contributed by atoms with Gasteiger partial charge < -0.3 is 10.1 Å². The van der Waals surface area contributed by atoms with E-state index in [-0.39, 0.29) is 12.0 Å². The summed E-state index contributed by atoms with van der Waals surface area (Å²) in [5.74, 6) is -0.200. The van der Waals surface area contributed by atoms with E-state index < -0.39 is 0 Å². The summed E-state index contributed by atoms with van der Waals surface area (Å²) in [7, 11) is 0. The van der Waals surface area contributed by atoms with Gasteiger partial charge in [0, 0.05) is 12.7 Å². The molecule has 1 N–H and O–H groups in total. The van der Waals surface area contributed by atoms with Crippen molar-refractivity contribution in [2.75, 3.05) is 6.54 Å². The second kappa shape index (κ2) is 5.15. The molecule has 2 aromatic rings.